The number of hydrogen-bond donors (Lipinski definition) is 1. The summed E-state index contributed by atoms with van der Waals surface area (Å²) in [5.74, 6) is -0.0869. The van der Waals surface area contributed by atoms with E-state index < -0.39 is 0 Å². The lowest BCUT2D eigenvalue weighted by Gasteiger charge is -2.22. The predicted octanol–water partition coefficient (Wildman–Crippen LogP) is 0.259. The van der Waals surface area contributed by atoms with E-state index >= 15 is 0 Å². The van der Waals surface area contributed by atoms with Crippen molar-refractivity contribution in [2.75, 3.05) is 6.54 Å². The molecule has 1 heterocycles. The highest BCUT2D eigenvalue weighted by Crippen LogP contribution is 2.07. The predicted molar refractivity (Wildman–Crippen MR) is 47.3 cm³/mol. The summed E-state index contributed by atoms with van der Waals surface area (Å²) in [7, 11) is 0. The minimum atomic E-state index is -0.292. The maximum absolute atomic E-state index is 11.3. The van der Waals surface area contributed by atoms with Gasteiger partial charge in [0.05, 0.1) is 12.6 Å². The first-order valence-corrected chi connectivity index (χ1v) is 4.55. The molecule has 1 unspecified atom stereocenters. The number of nitrogens with one attached hydrogen (secondary N) is 1. The van der Waals surface area contributed by atoms with Crippen LogP contribution in [0, 0.1) is 0 Å². The van der Waals surface area contributed by atoms with Crippen LogP contribution in [0.25, 0.3) is 0 Å². The molecule has 1 atom stereocenters. The Balaban J connectivity index is 2.35. The van der Waals surface area contributed by atoms with Crippen molar-refractivity contribution in [2.45, 2.75) is 38.8 Å². The zero-order valence-electron chi connectivity index (χ0n) is 8.00. The summed E-state index contributed by atoms with van der Waals surface area (Å²) in [4.78, 5) is 22.2. The van der Waals surface area contributed by atoms with Crippen LogP contribution < -0.4 is 5.32 Å². The molecule has 0 aliphatic carbocycles. The number of rotatable bonds is 2. The Labute approximate surface area is 77.6 Å². The fourth-order valence-corrected chi connectivity index (χ4v) is 1.25. The number of piperidine rings is 1. The Morgan fingerprint density at radius 2 is 2.31 bits per heavy atom. The number of ketones is 1. The summed E-state index contributed by atoms with van der Waals surface area (Å²) < 4.78 is 5.01. The van der Waals surface area contributed by atoms with E-state index in [4.69, 9.17) is 4.74 Å². The van der Waals surface area contributed by atoms with E-state index in [9.17, 15) is 9.59 Å². The van der Waals surface area contributed by atoms with Gasteiger partial charge in [0.1, 0.15) is 11.8 Å². The smallest absolute Gasteiger partial charge is 0.323 e. The normalized spacial score (nSPS) is 23.3. The molecule has 74 valence electrons. The van der Waals surface area contributed by atoms with Crippen LogP contribution >= 0.6 is 0 Å². The molecule has 1 aliphatic heterocycles. The second-order valence-electron chi connectivity index (χ2n) is 3.50. The molecular formula is C9H15NO3. The molecule has 1 fully saturated rings. The van der Waals surface area contributed by atoms with Gasteiger partial charge in [-0.2, -0.15) is 0 Å². The Kier molecular flexibility index (Phi) is 3.42. The molecule has 0 bridgehead atoms. The topological polar surface area (TPSA) is 55.4 Å². The van der Waals surface area contributed by atoms with Gasteiger partial charge in [-0.3, -0.25) is 14.9 Å². The molecule has 0 radical (unpaired) electrons. The molecule has 1 aliphatic rings. The van der Waals surface area contributed by atoms with E-state index in [-0.39, 0.29) is 30.4 Å². The fraction of sp³-hybridized carbons (Fsp3) is 0.778. The van der Waals surface area contributed by atoms with Crippen molar-refractivity contribution < 1.29 is 14.3 Å². The maximum atomic E-state index is 11.3. The van der Waals surface area contributed by atoms with Crippen molar-refractivity contribution in [3.8, 4) is 0 Å². The highest BCUT2D eigenvalue weighted by atomic mass is 16.5. The number of carbonyl (C=O) groups is 2. The van der Waals surface area contributed by atoms with Gasteiger partial charge in [-0.1, -0.05) is 0 Å². The molecule has 1 saturated heterocycles. The van der Waals surface area contributed by atoms with Crippen molar-refractivity contribution in [1.29, 1.82) is 0 Å². The third-order valence-electron chi connectivity index (χ3n) is 1.89. The third-order valence-corrected chi connectivity index (χ3v) is 1.89. The molecule has 4 nitrogen and oxygen atoms in total. The van der Waals surface area contributed by atoms with Gasteiger partial charge in [0.2, 0.25) is 0 Å². The Hall–Kier alpha value is -0.900. The van der Waals surface area contributed by atoms with Gasteiger partial charge >= 0.3 is 5.97 Å². The van der Waals surface area contributed by atoms with Crippen LogP contribution in [-0.4, -0.2) is 30.4 Å². The van der Waals surface area contributed by atoms with E-state index in [1.165, 1.54) is 0 Å². The van der Waals surface area contributed by atoms with E-state index in [2.05, 4.69) is 5.32 Å². The zero-order valence-corrected chi connectivity index (χ0v) is 8.00. The number of hydrogen-bond acceptors (Lipinski definition) is 4. The molecule has 0 aromatic rings. The second kappa shape index (κ2) is 4.37. The molecule has 0 spiro atoms. The average molecular weight is 185 g/mol. The Morgan fingerprint density at radius 1 is 1.62 bits per heavy atom. The van der Waals surface area contributed by atoms with Gasteiger partial charge in [-0.15, -0.1) is 0 Å². The molecule has 0 amide bonds. The fourth-order valence-electron chi connectivity index (χ4n) is 1.25. The van der Waals surface area contributed by atoms with E-state index in [1.807, 2.05) is 13.8 Å². The number of esters is 1. The molecule has 0 saturated carbocycles. The lowest BCUT2D eigenvalue weighted by molar-refractivity contribution is -0.150. The second-order valence-corrected chi connectivity index (χ2v) is 3.50. The first kappa shape index (κ1) is 10.2. The van der Waals surface area contributed by atoms with Crippen LogP contribution in [0.15, 0.2) is 0 Å². The third kappa shape index (κ3) is 3.14. The van der Waals surface area contributed by atoms with E-state index in [1.54, 1.807) is 0 Å². The Bertz CT molecular complexity index is 203. The van der Waals surface area contributed by atoms with Crippen LogP contribution in [0.1, 0.15) is 26.7 Å². The lowest BCUT2D eigenvalue weighted by Crippen LogP contribution is -2.45. The maximum Gasteiger partial charge on any atom is 0.323 e. The van der Waals surface area contributed by atoms with Crippen LogP contribution in [0.2, 0.25) is 0 Å². The quantitative estimate of drug-likeness (QED) is 0.627. The van der Waals surface area contributed by atoms with Crippen LogP contribution in [0.3, 0.4) is 0 Å². The zero-order chi connectivity index (χ0) is 9.84. The highest BCUT2D eigenvalue weighted by molar-refractivity contribution is 5.85. The molecule has 13 heavy (non-hydrogen) atoms. The van der Waals surface area contributed by atoms with Crippen molar-refractivity contribution in [3.05, 3.63) is 0 Å². The van der Waals surface area contributed by atoms with Gasteiger partial charge in [0.25, 0.3) is 0 Å². The van der Waals surface area contributed by atoms with Crippen LogP contribution in [0.5, 0.6) is 0 Å². The summed E-state index contributed by atoms with van der Waals surface area (Å²) in [5, 5.41) is 2.85. The van der Waals surface area contributed by atoms with Crippen LogP contribution in [0.4, 0.5) is 0 Å². The monoisotopic (exact) mass is 185 g/mol. The number of ether oxygens (including phenoxy) is 1. The highest BCUT2D eigenvalue weighted by Gasteiger charge is 2.25. The summed E-state index contributed by atoms with van der Waals surface area (Å²) in [6.45, 7) is 3.91. The molecule has 1 rings (SSSR count). The molecular weight excluding hydrogens is 170 g/mol. The Morgan fingerprint density at radius 3 is 2.77 bits per heavy atom. The van der Waals surface area contributed by atoms with Crippen molar-refractivity contribution in [1.82, 2.24) is 5.32 Å². The molecule has 0 aromatic heterocycles. The van der Waals surface area contributed by atoms with Gasteiger partial charge < -0.3 is 4.74 Å². The number of carbonyl (C=O) groups excluding carboxylic acids is 2. The van der Waals surface area contributed by atoms with Crippen LogP contribution in [-0.2, 0) is 14.3 Å². The summed E-state index contributed by atoms with van der Waals surface area (Å²) in [6, 6.07) is -0.292. The first-order chi connectivity index (χ1) is 6.09. The molecule has 1 N–H and O–H groups in total. The molecule has 4 heteroatoms. The minimum Gasteiger partial charge on any atom is -0.462 e. The van der Waals surface area contributed by atoms with E-state index in [0.717, 1.165) is 0 Å². The minimum absolute atomic E-state index is 0.0908. The van der Waals surface area contributed by atoms with Gasteiger partial charge in [0, 0.05) is 6.42 Å². The largest absolute Gasteiger partial charge is 0.462 e. The van der Waals surface area contributed by atoms with Crippen molar-refractivity contribution in [2.24, 2.45) is 0 Å². The summed E-state index contributed by atoms with van der Waals surface area (Å²) in [6.07, 6.45) is 0.946. The summed E-state index contributed by atoms with van der Waals surface area (Å²) in [5.41, 5.74) is 0. The van der Waals surface area contributed by atoms with E-state index in [0.29, 0.717) is 12.8 Å². The lowest BCUT2D eigenvalue weighted by atomic mass is 10.0. The standard InChI is InChI=1S/C9H15NO3/c1-6(2)13-9(12)8-4-3-7(11)5-10-8/h6,8,10H,3-5H2,1-2H3. The average Bonchev–Trinajstić information content (AvgIpc) is 2.04. The van der Waals surface area contributed by atoms with Crippen molar-refractivity contribution in [3.63, 3.8) is 0 Å². The molecule has 0 aromatic carbocycles. The van der Waals surface area contributed by atoms with Gasteiger partial charge in [-0.05, 0) is 20.3 Å². The SMILES string of the molecule is CC(C)OC(=O)C1CCC(=O)CN1. The van der Waals surface area contributed by atoms with Gasteiger partial charge in [-0.25, -0.2) is 0 Å². The first-order valence-electron chi connectivity index (χ1n) is 4.55. The number of Topliss-reactive ketones (excluding diaryl/α,β-unsaturated/α-hetero) is 1. The van der Waals surface area contributed by atoms with Crippen molar-refractivity contribution >= 4 is 11.8 Å². The van der Waals surface area contributed by atoms with Gasteiger partial charge in [0.15, 0.2) is 0 Å². The summed E-state index contributed by atoms with van der Waals surface area (Å²) >= 11 is 0.